The molecule has 0 fully saturated rings. The molecule has 3 heteroatoms. The molecule has 0 saturated carbocycles. The minimum atomic E-state index is 0.415. The van der Waals surface area contributed by atoms with Crippen LogP contribution >= 0.6 is 15.9 Å². The van der Waals surface area contributed by atoms with Crippen molar-refractivity contribution in [2.24, 2.45) is 0 Å². The van der Waals surface area contributed by atoms with Crippen molar-refractivity contribution in [2.75, 3.05) is 5.73 Å². The summed E-state index contributed by atoms with van der Waals surface area (Å²) in [6, 6.07) is 8.99. The van der Waals surface area contributed by atoms with Crippen LogP contribution in [-0.2, 0) is 0 Å². The van der Waals surface area contributed by atoms with E-state index in [-0.39, 0.29) is 0 Å². The Balaban J connectivity index is 2.68. The number of anilines is 1. The molecule has 0 saturated heterocycles. The molecule has 20 heavy (non-hydrogen) atoms. The molecule has 0 bridgehead atoms. The SMILES string of the molecule is Cc1c(N)cc(C)c2c1c1cc(Br)ccc1n2C(C)C. The fraction of sp³-hybridized carbons (Fsp3) is 0.294. The van der Waals surface area contributed by atoms with Gasteiger partial charge in [0.15, 0.2) is 0 Å². The number of benzene rings is 2. The Morgan fingerprint density at radius 1 is 1.15 bits per heavy atom. The number of aromatic nitrogens is 1. The summed E-state index contributed by atoms with van der Waals surface area (Å²) in [5, 5.41) is 2.56. The molecule has 0 spiro atoms. The van der Waals surface area contributed by atoms with Crippen LogP contribution in [0.25, 0.3) is 21.8 Å². The van der Waals surface area contributed by atoms with Crippen molar-refractivity contribution in [1.82, 2.24) is 4.57 Å². The van der Waals surface area contributed by atoms with Crippen molar-refractivity contribution in [3.8, 4) is 0 Å². The summed E-state index contributed by atoms with van der Waals surface area (Å²) in [5.74, 6) is 0. The minimum Gasteiger partial charge on any atom is -0.398 e. The fourth-order valence-electron chi connectivity index (χ4n) is 3.14. The lowest BCUT2D eigenvalue weighted by molar-refractivity contribution is 0.641. The first-order valence-electron chi connectivity index (χ1n) is 6.90. The van der Waals surface area contributed by atoms with Crippen LogP contribution in [-0.4, -0.2) is 4.57 Å². The van der Waals surface area contributed by atoms with E-state index in [1.807, 2.05) is 0 Å². The molecular formula is C17H19BrN2. The molecule has 3 rings (SSSR count). The lowest BCUT2D eigenvalue weighted by atomic mass is 10.0. The second kappa shape index (κ2) is 4.52. The van der Waals surface area contributed by atoms with Gasteiger partial charge >= 0.3 is 0 Å². The Kier molecular flexibility index (Phi) is 3.05. The number of nitrogen functional groups attached to an aromatic ring is 1. The Bertz CT molecular complexity index is 828. The maximum Gasteiger partial charge on any atom is 0.0527 e. The molecule has 3 aromatic rings. The third kappa shape index (κ3) is 1.76. The summed E-state index contributed by atoms with van der Waals surface area (Å²) >= 11 is 3.59. The smallest absolute Gasteiger partial charge is 0.0527 e. The van der Waals surface area contributed by atoms with Crippen molar-refractivity contribution in [1.29, 1.82) is 0 Å². The molecule has 0 amide bonds. The van der Waals surface area contributed by atoms with Crippen LogP contribution in [0.3, 0.4) is 0 Å². The van der Waals surface area contributed by atoms with Crippen LogP contribution in [0.4, 0.5) is 5.69 Å². The predicted molar refractivity (Wildman–Crippen MR) is 91.4 cm³/mol. The zero-order valence-electron chi connectivity index (χ0n) is 12.3. The zero-order chi connectivity index (χ0) is 14.6. The van der Waals surface area contributed by atoms with E-state index < -0.39 is 0 Å². The lowest BCUT2D eigenvalue weighted by Crippen LogP contribution is -2.02. The van der Waals surface area contributed by atoms with Gasteiger partial charge in [0.2, 0.25) is 0 Å². The highest BCUT2D eigenvalue weighted by molar-refractivity contribution is 9.10. The highest BCUT2D eigenvalue weighted by Crippen LogP contribution is 2.38. The number of rotatable bonds is 1. The van der Waals surface area contributed by atoms with Gasteiger partial charge in [0.05, 0.1) is 5.52 Å². The van der Waals surface area contributed by atoms with Gasteiger partial charge in [-0.05, 0) is 63.1 Å². The van der Waals surface area contributed by atoms with Crippen LogP contribution in [0.1, 0.15) is 31.0 Å². The fourth-order valence-corrected chi connectivity index (χ4v) is 3.51. The molecule has 0 atom stereocenters. The first kappa shape index (κ1) is 13.5. The minimum absolute atomic E-state index is 0.415. The largest absolute Gasteiger partial charge is 0.398 e. The van der Waals surface area contributed by atoms with E-state index >= 15 is 0 Å². The van der Waals surface area contributed by atoms with Gasteiger partial charge in [-0.2, -0.15) is 0 Å². The quantitative estimate of drug-likeness (QED) is 0.600. The van der Waals surface area contributed by atoms with Crippen molar-refractivity contribution in [3.63, 3.8) is 0 Å². The second-order valence-electron chi connectivity index (χ2n) is 5.76. The van der Waals surface area contributed by atoms with Gasteiger partial charge in [-0.15, -0.1) is 0 Å². The lowest BCUT2D eigenvalue weighted by Gasteiger charge is -2.14. The first-order chi connectivity index (χ1) is 9.41. The van der Waals surface area contributed by atoms with Gasteiger partial charge in [-0.1, -0.05) is 15.9 Å². The maximum atomic E-state index is 6.18. The summed E-state index contributed by atoms with van der Waals surface area (Å²) in [6.45, 7) is 8.71. The van der Waals surface area contributed by atoms with Crippen LogP contribution in [0.2, 0.25) is 0 Å². The first-order valence-corrected chi connectivity index (χ1v) is 7.70. The number of aryl methyl sites for hydroxylation is 2. The number of fused-ring (bicyclic) bond motifs is 3. The van der Waals surface area contributed by atoms with Gasteiger partial charge in [0, 0.05) is 32.5 Å². The van der Waals surface area contributed by atoms with Crippen molar-refractivity contribution in [3.05, 3.63) is 39.9 Å². The average Bonchev–Trinajstić information content (AvgIpc) is 2.71. The van der Waals surface area contributed by atoms with Crippen LogP contribution < -0.4 is 5.73 Å². The highest BCUT2D eigenvalue weighted by Gasteiger charge is 2.17. The van der Waals surface area contributed by atoms with Crippen LogP contribution in [0.15, 0.2) is 28.7 Å². The molecule has 104 valence electrons. The van der Waals surface area contributed by atoms with Gasteiger partial charge in [0.25, 0.3) is 0 Å². The highest BCUT2D eigenvalue weighted by atomic mass is 79.9. The van der Waals surface area contributed by atoms with E-state index in [0.29, 0.717) is 6.04 Å². The molecule has 1 aromatic heterocycles. The number of hydrogen-bond acceptors (Lipinski definition) is 1. The van der Waals surface area contributed by atoms with E-state index in [4.69, 9.17) is 5.73 Å². The van der Waals surface area contributed by atoms with Gasteiger partial charge in [0.1, 0.15) is 0 Å². The van der Waals surface area contributed by atoms with Gasteiger partial charge in [-0.3, -0.25) is 0 Å². The topological polar surface area (TPSA) is 30.9 Å². The summed E-state index contributed by atoms with van der Waals surface area (Å²) in [7, 11) is 0. The van der Waals surface area contributed by atoms with Crippen molar-refractivity contribution < 1.29 is 0 Å². The normalized spacial score (nSPS) is 11.9. The summed E-state index contributed by atoms with van der Waals surface area (Å²) < 4.78 is 3.52. The molecule has 2 N–H and O–H groups in total. The second-order valence-corrected chi connectivity index (χ2v) is 6.67. The van der Waals surface area contributed by atoms with Crippen LogP contribution in [0.5, 0.6) is 0 Å². The molecule has 0 aliphatic carbocycles. The Morgan fingerprint density at radius 3 is 2.50 bits per heavy atom. The summed E-state index contributed by atoms with van der Waals surface area (Å²) in [5.41, 5.74) is 12.0. The third-order valence-electron chi connectivity index (χ3n) is 4.04. The molecule has 2 nitrogen and oxygen atoms in total. The Hall–Kier alpha value is -1.48. The van der Waals surface area contributed by atoms with E-state index in [2.05, 4.69) is 72.5 Å². The third-order valence-corrected chi connectivity index (χ3v) is 4.53. The van der Waals surface area contributed by atoms with Gasteiger partial charge < -0.3 is 10.3 Å². The average molecular weight is 331 g/mol. The van der Waals surface area contributed by atoms with E-state index in [1.165, 1.54) is 32.9 Å². The van der Waals surface area contributed by atoms with Crippen molar-refractivity contribution in [2.45, 2.75) is 33.7 Å². The van der Waals surface area contributed by atoms with E-state index in [9.17, 15) is 0 Å². The molecule has 1 heterocycles. The molecule has 0 aliphatic rings. The molecule has 2 aromatic carbocycles. The Labute approximate surface area is 127 Å². The van der Waals surface area contributed by atoms with Gasteiger partial charge in [-0.25, -0.2) is 0 Å². The monoisotopic (exact) mass is 330 g/mol. The number of halogens is 1. The summed E-state index contributed by atoms with van der Waals surface area (Å²) in [4.78, 5) is 0. The summed E-state index contributed by atoms with van der Waals surface area (Å²) in [6.07, 6.45) is 0. The number of nitrogens with zero attached hydrogens (tertiary/aromatic N) is 1. The maximum absolute atomic E-state index is 6.18. The van der Waals surface area contributed by atoms with E-state index in [1.54, 1.807) is 0 Å². The number of nitrogens with two attached hydrogens (primary N) is 1. The predicted octanol–water partition coefficient (Wildman–Crippen LogP) is 5.34. The van der Waals surface area contributed by atoms with E-state index in [0.717, 1.165) is 10.2 Å². The Morgan fingerprint density at radius 2 is 1.85 bits per heavy atom. The molecule has 0 aliphatic heterocycles. The standard InChI is InChI=1S/C17H19BrN2/c1-9(2)20-15-6-5-12(18)8-13(15)16-11(4)14(19)7-10(3)17(16)20/h5-9H,19H2,1-4H3. The molecule has 0 radical (unpaired) electrons. The molecular weight excluding hydrogens is 312 g/mol. The molecule has 0 unspecified atom stereocenters. The number of hydrogen-bond donors (Lipinski definition) is 1. The zero-order valence-corrected chi connectivity index (χ0v) is 13.9. The van der Waals surface area contributed by atoms with Crippen LogP contribution in [0, 0.1) is 13.8 Å². The van der Waals surface area contributed by atoms with Crippen molar-refractivity contribution >= 4 is 43.4 Å².